The van der Waals surface area contributed by atoms with Crippen LogP contribution in [0.15, 0.2) is 30.3 Å². The van der Waals surface area contributed by atoms with Crippen LogP contribution in [0, 0.1) is 0 Å². The monoisotopic (exact) mass is 189 g/mol. The molecular weight excluding hydrogens is 174 g/mol. The van der Waals surface area contributed by atoms with E-state index in [9.17, 15) is 0 Å². The predicted octanol–water partition coefficient (Wildman–Crippen LogP) is -2.66. The highest BCUT2D eigenvalue weighted by Gasteiger charge is 2.16. The number of hydrogen-bond donors (Lipinski definition) is 1. The molecular formula is C9H16ClNO. The highest BCUT2D eigenvalue weighted by molar-refractivity contribution is 5.19. The molecule has 3 heteroatoms. The topological polar surface area (TPSA) is 59.1 Å². The van der Waals surface area contributed by atoms with Crippen LogP contribution in [0.4, 0.5) is 0 Å². The summed E-state index contributed by atoms with van der Waals surface area (Å²) in [4.78, 5) is 0. The van der Waals surface area contributed by atoms with E-state index in [-0.39, 0.29) is 23.4 Å². The Balaban J connectivity index is 0. The highest BCUT2D eigenvalue weighted by Crippen LogP contribution is 2.12. The quantitative estimate of drug-likeness (QED) is 0.502. The third kappa shape index (κ3) is 3.72. The maximum Gasteiger partial charge on any atom is 0.114 e. The molecule has 1 aromatic rings. The molecule has 0 saturated heterocycles. The van der Waals surface area contributed by atoms with Gasteiger partial charge >= 0.3 is 0 Å². The van der Waals surface area contributed by atoms with Crippen LogP contribution in [0.3, 0.4) is 0 Å². The van der Waals surface area contributed by atoms with Crippen molar-refractivity contribution >= 4 is 0 Å². The lowest BCUT2D eigenvalue weighted by molar-refractivity contribution is -0.475. The van der Waals surface area contributed by atoms with E-state index in [2.05, 4.69) is 31.7 Å². The Kier molecular flexibility index (Phi) is 5.99. The van der Waals surface area contributed by atoms with Crippen LogP contribution in [0.1, 0.15) is 19.4 Å². The summed E-state index contributed by atoms with van der Waals surface area (Å²) in [5.74, 6) is 0. The van der Waals surface area contributed by atoms with Crippen molar-refractivity contribution in [1.82, 2.24) is 0 Å². The molecule has 0 fully saturated rings. The summed E-state index contributed by atoms with van der Waals surface area (Å²) in [5.41, 5.74) is 5.37. The van der Waals surface area contributed by atoms with Crippen molar-refractivity contribution < 1.29 is 23.6 Å². The molecule has 0 spiro atoms. The van der Waals surface area contributed by atoms with E-state index in [1.54, 1.807) is 0 Å². The first kappa shape index (κ1) is 14.0. The molecule has 2 nitrogen and oxygen atoms in total. The Hall–Kier alpha value is -0.570. The smallest absolute Gasteiger partial charge is 0.114 e. The predicted molar refractivity (Wildman–Crippen MR) is 46.0 cm³/mol. The molecule has 0 saturated carbocycles. The molecule has 0 atom stereocenters. The second-order valence-electron chi connectivity index (χ2n) is 3.25. The van der Waals surface area contributed by atoms with Crippen LogP contribution < -0.4 is 18.1 Å². The summed E-state index contributed by atoms with van der Waals surface area (Å²) >= 11 is 0. The molecule has 1 rings (SSSR count). The molecule has 0 unspecified atom stereocenters. The van der Waals surface area contributed by atoms with Gasteiger partial charge in [0, 0.05) is 5.56 Å². The molecule has 0 heterocycles. The molecule has 0 aromatic heterocycles. The zero-order valence-electron chi connectivity index (χ0n) is 7.47. The van der Waals surface area contributed by atoms with E-state index in [0.29, 0.717) is 0 Å². The lowest BCUT2D eigenvalue weighted by Crippen LogP contribution is -3.00. The van der Waals surface area contributed by atoms with E-state index in [0.717, 1.165) is 0 Å². The van der Waals surface area contributed by atoms with Crippen LogP contribution >= 0.6 is 0 Å². The molecule has 70 valence electrons. The Morgan fingerprint density at radius 1 is 1.08 bits per heavy atom. The normalized spacial score (nSPS) is 9.58. The van der Waals surface area contributed by atoms with Crippen molar-refractivity contribution in [2.75, 3.05) is 0 Å². The fourth-order valence-electron chi connectivity index (χ4n) is 0.889. The largest absolute Gasteiger partial charge is 1.00 e. The van der Waals surface area contributed by atoms with Gasteiger partial charge in [0.05, 0.1) is 0 Å². The molecule has 0 amide bonds. The zero-order chi connectivity index (χ0) is 7.61. The Labute approximate surface area is 79.5 Å². The minimum Gasteiger partial charge on any atom is -1.00 e. The lowest BCUT2D eigenvalue weighted by atomic mass is 9.96. The number of halogens is 1. The summed E-state index contributed by atoms with van der Waals surface area (Å²) in [5, 5.41) is 0. The first-order valence-corrected chi connectivity index (χ1v) is 3.51. The van der Waals surface area contributed by atoms with Crippen LogP contribution in [-0.2, 0) is 5.54 Å². The zero-order valence-corrected chi connectivity index (χ0v) is 8.23. The number of benzene rings is 1. The third-order valence-electron chi connectivity index (χ3n) is 1.56. The summed E-state index contributed by atoms with van der Waals surface area (Å²) in [6, 6.07) is 10.3. The van der Waals surface area contributed by atoms with Gasteiger partial charge in [0.25, 0.3) is 0 Å². The molecule has 0 bridgehead atoms. The molecule has 0 aliphatic heterocycles. The second-order valence-corrected chi connectivity index (χ2v) is 3.25. The van der Waals surface area contributed by atoms with Gasteiger partial charge in [-0.05, 0) is 13.8 Å². The van der Waals surface area contributed by atoms with E-state index in [1.165, 1.54) is 5.56 Å². The standard InChI is InChI=1S/C9H13N.ClH.H2O/c1-9(2,10)8-6-4-3-5-7-8;;/h3-7H,10H2,1-2H3;1H;1H2. The van der Waals surface area contributed by atoms with Crippen LogP contribution in [0.2, 0.25) is 0 Å². The first-order chi connectivity index (χ1) is 4.61. The van der Waals surface area contributed by atoms with Crippen molar-refractivity contribution in [3.05, 3.63) is 35.9 Å². The Morgan fingerprint density at radius 2 is 1.50 bits per heavy atom. The van der Waals surface area contributed by atoms with E-state index < -0.39 is 0 Å². The van der Waals surface area contributed by atoms with Gasteiger partial charge in [-0.15, -0.1) is 0 Å². The summed E-state index contributed by atoms with van der Waals surface area (Å²) in [7, 11) is 0. The van der Waals surface area contributed by atoms with Crippen molar-refractivity contribution in [1.29, 1.82) is 0 Å². The summed E-state index contributed by atoms with van der Waals surface area (Å²) < 4.78 is 0. The molecule has 0 aliphatic rings. The van der Waals surface area contributed by atoms with Crippen LogP contribution in [0.25, 0.3) is 0 Å². The number of quaternary nitrogens is 1. The Morgan fingerprint density at radius 3 is 1.75 bits per heavy atom. The molecule has 1 aromatic carbocycles. The van der Waals surface area contributed by atoms with Crippen molar-refractivity contribution in [2.45, 2.75) is 19.4 Å². The summed E-state index contributed by atoms with van der Waals surface area (Å²) in [6.45, 7) is 4.23. The molecule has 5 N–H and O–H groups in total. The average molecular weight is 190 g/mol. The molecule has 0 radical (unpaired) electrons. The van der Waals surface area contributed by atoms with Crippen molar-refractivity contribution in [3.8, 4) is 0 Å². The van der Waals surface area contributed by atoms with Gasteiger partial charge in [-0.3, -0.25) is 0 Å². The minimum atomic E-state index is 0. The Bertz CT molecular complexity index is 206. The van der Waals surface area contributed by atoms with Crippen LogP contribution in [0.5, 0.6) is 0 Å². The van der Waals surface area contributed by atoms with E-state index in [4.69, 9.17) is 0 Å². The van der Waals surface area contributed by atoms with Gasteiger partial charge in [0.1, 0.15) is 5.54 Å². The van der Waals surface area contributed by atoms with Gasteiger partial charge in [-0.25, -0.2) is 0 Å². The molecule has 12 heavy (non-hydrogen) atoms. The van der Waals surface area contributed by atoms with Gasteiger partial charge < -0.3 is 23.6 Å². The lowest BCUT2D eigenvalue weighted by Gasteiger charge is -2.14. The maximum atomic E-state index is 4.04. The maximum absolute atomic E-state index is 4.04. The highest BCUT2D eigenvalue weighted by atomic mass is 35.5. The van der Waals surface area contributed by atoms with E-state index >= 15 is 0 Å². The minimum absolute atomic E-state index is 0. The SMILES string of the molecule is CC(C)([NH3+])c1ccccc1.O.[Cl-]. The van der Waals surface area contributed by atoms with Gasteiger partial charge in [0.15, 0.2) is 0 Å². The first-order valence-electron chi connectivity index (χ1n) is 3.51. The average Bonchev–Trinajstić information content (AvgIpc) is 1.88. The summed E-state index contributed by atoms with van der Waals surface area (Å²) in [6.07, 6.45) is 0. The van der Waals surface area contributed by atoms with Crippen molar-refractivity contribution in [2.24, 2.45) is 0 Å². The van der Waals surface area contributed by atoms with Gasteiger partial charge in [-0.1, -0.05) is 30.3 Å². The van der Waals surface area contributed by atoms with Gasteiger partial charge in [0.2, 0.25) is 0 Å². The fourth-order valence-corrected chi connectivity index (χ4v) is 0.889. The van der Waals surface area contributed by atoms with Crippen molar-refractivity contribution in [3.63, 3.8) is 0 Å². The van der Waals surface area contributed by atoms with Crippen LogP contribution in [-0.4, -0.2) is 5.48 Å². The fraction of sp³-hybridized carbons (Fsp3) is 0.333. The number of hydrogen-bond acceptors (Lipinski definition) is 0. The second kappa shape index (κ2) is 5.14. The van der Waals surface area contributed by atoms with Gasteiger partial charge in [-0.2, -0.15) is 0 Å². The van der Waals surface area contributed by atoms with E-state index in [1.807, 2.05) is 18.2 Å². The third-order valence-corrected chi connectivity index (χ3v) is 1.56. The molecule has 0 aliphatic carbocycles. The number of rotatable bonds is 1.